The Bertz CT molecular complexity index is 1020. The third-order valence-electron chi connectivity index (χ3n) is 3.29. The van der Waals surface area contributed by atoms with Gasteiger partial charge in [0.1, 0.15) is 11.6 Å². The Labute approximate surface area is 145 Å². The highest BCUT2D eigenvalue weighted by atomic mass is 35.5. The number of hydrogen-bond donors (Lipinski definition) is 1. The van der Waals surface area contributed by atoms with E-state index in [0.29, 0.717) is 0 Å². The molecule has 25 heavy (non-hydrogen) atoms. The number of halogens is 1. The monoisotopic (exact) mass is 359 g/mol. The third-order valence-corrected chi connectivity index (χ3v) is 3.52. The van der Waals surface area contributed by atoms with Crippen LogP contribution in [0.5, 0.6) is 5.88 Å². The van der Waals surface area contributed by atoms with E-state index in [9.17, 15) is 20.0 Å². The molecular formula is C15H10ClN5O4. The van der Waals surface area contributed by atoms with Crippen LogP contribution in [-0.2, 0) is 0 Å². The largest absolute Gasteiger partial charge is 0.493 e. The van der Waals surface area contributed by atoms with E-state index in [-0.39, 0.29) is 27.5 Å². The molecule has 1 aromatic heterocycles. The molecule has 0 atom stereocenters. The van der Waals surface area contributed by atoms with E-state index in [0.717, 1.165) is 16.8 Å². The Hall–Kier alpha value is -3.51. The molecule has 0 aliphatic rings. The first kappa shape index (κ1) is 17.8. The Balaban J connectivity index is 2.69. The zero-order valence-electron chi connectivity index (χ0n) is 12.8. The fourth-order valence-electron chi connectivity index (χ4n) is 2.03. The molecule has 10 heteroatoms. The van der Waals surface area contributed by atoms with E-state index in [1.54, 1.807) is 6.07 Å². The van der Waals surface area contributed by atoms with Crippen molar-refractivity contribution in [2.75, 3.05) is 0 Å². The van der Waals surface area contributed by atoms with Gasteiger partial charge in [-0.1, -0.05) is 18.2 Å². The van der Waals surface area contributed by atoms with Crippen molar-refractivity contribution >= 4 is 34.9 Å². The summed E-state index contributed by atoms with van der Waals surface area (Å²) in [5.41, 5.74) is -1.63. The number of hydrogen-bond acceptors (Lipinski definition) is 7. The zero-order chi connectivity index (χ0) is 18.7. The van der Waals surface area contributed by atoms with Gasteiger partial charge in [0.25, 0.3) is 11.2 Å². The SMILES string of the molecule is C=Cn1c(O)c(C#N)c(C)c(N=Nc2ccc(Cl)cc2[N+](=O)[O-])c1=O. The molecule has 1 heterocycles. The van der Waals surface area contributed by atoms with Crippen LogP contribution >= 0.6 is 11.6 Å². The van der Waals surface area contributed by atoms with Gasteiger partial charge in [0.05, 0.1) is 4.92 Å². The average molecular weight is 360 g/mol. The maximum absolute atomic E-state index is 12.3. The highest BCUT2D eigenvalue weighted by molar-refractivity contribution is 6.30. The van der Waals surface area contributed by atoms with Gasteiger partial charge < -0.3 is 5.11 Å². The van der Waals surface area contributed by atoms with Gasteiger partial charge in [0.2, 0.25) is 5.88 Å². The number of nitro benzene ring substituents is 1. The first-order valence-electron chi connectivity index (χ1n) is 6.68. The van der Waals surface area contributed by atoms with Crippen molar-refractivity contribution in [3.8, 4) is 11.9 Å². The van der Waals surface area contributed by atoms with Gasteiger partial charge in [-0.3, -0.25) is 19.5 Å². The van der Waals surface area contributed by atoms with Crippen molar-refractivity contribution in [2.24, 2.45) is 10.2 Å². The lowest BCUT2D eigenvalue weighted by molar-refractivity contribution is -0.384. The fraction of sp³-hybridized carbons (Fsp3) is 0.0667. The van der Waals surface area contributed by atoms with E-state index in [4.69, 9.17) is 16.9 Å². The number of nitrogens with zero attached hydrogens (tertiary/aromatic N) is 5. The molecule has 0 fully saturated rings. The molecule has 0 saturated heterocycles. The third kappa shape index (κ3) is 3.24. The predicted octanol–water partition coefficient (Wildman–Crippen LogP) is 3.81. The summed E-state index contributed by atoms with van der Waals surface area (Å²) >= 11 is 5.72. The topological polar surface area (TPSA) is 134 Å². The van der Waals surface area contributed by atoms with Gasteiger partial charge in [-0.25, -0.2) is 0 Å². The summed E-state index contributed by atoms with van der Waals surface area (Å²) in [6.45, 7) is 4.78. The van der Waals surface area contributed by atoms with Crippen LogP contribution in [0.15, 0.2) is 39.8 Å². The van der Waals surface area contributed by atoms with Crippen molar-refractivity contribution in [3.05, 3.63) is 61.4 Å². The number of nitro groups is 1. The Kier molecular flexibility index (Phi) is 4.95. The Morgan fingerprint density at radius 2 is 2.16 bits per heavy atom. The number of aromatic hydroxyl groups is 1. The summed E-state index contributed by atoms with van der Waals surface area (Å²) in [6.07, 6.45) is 1.02. The van der Waals surface area contributed by atoms with Gasteiger partial charge in [-0.05, 0) is 19.1 Å². The second-order valence-corrected chi connectivity index (χ2v) is 5.17. The van der Waals surface area contributed by atoms with E-state index < -0.39 is 22.0 Å². The van der Waals surface area contributed by atoms with Gasteiger partial charge in [0, 0.05) is 22.9 Å². The Morgan fingerprint density at radius 3 is 2.72 bits per heavy atom. The molecule has 2 rings (SSSR count). The van der Waals surface area contributed by atoms with Crippen molar-refractivity contribution in [3.63, 3.8) is 0 Å². The normalized spacial score (nSPS) is 10.6. The highest BCUT2D eigenvalue weighted by Gasteiger charge is 2.19. The average Bonchev–Trinajstić information content (AvgIpc) is 2.56. The van der Waals surface area contributed by atoms with E-state index in [1.165, 1.54) is 19.1 Å². The lowest BCUT2D eigenvalue weighted by Crippen LogP contribution is -2.17. The minimum atomic E-state index is -0.774. The molecule has 0 radical (unpaired) electrons. The maximum atomic E-state index is 12.3. The number of benzene rings is 1. The lowest BCUT2D eigenvalue weighted by Gasteiger charge is -2.08. The number of pyridine rings is 1. The van der Waals surface area contributed by atoms with Gasteiger partial charge in [-0.2, -0.15) is 5.26 Å². The maximum Gasteiger partial charge on any atom is 0.298 e. The smallest absolute Gasteiger partial charge is 0.298 e. The van der Waals surface area contributed by atoms with Crippen molar-refractivity contribution in [2.45, 2.75) is 6.92 Å². The fourth-order valence-corrected chi connectivity index (χ4v) is 2.20. The predicted molar refractivity (Wildman–Crippen MR) is 90.5 cm³/mol. The molecule has 0 bridgehead atoms. The summed E-state index contributed by atoms with van der Waals surface area (Å²) in [4.78, 5) is 22.7. The second kappa shape index (κ2) is 6.94. The standard InChI is InChI=1S/C15H10ClN5O4/c1-3-20-14(22)10(7-17)8(2)13(15(20)23)19-18-11-5-4-9(16)6-12(11)21(24)25/h3-6,22H,1H2,2H3. The molecule has 9 nitrogen and oxygen atoms in total. The van der Waals surface area contributed by atoms with Crippen molar-refractivity contribution < 1.29 is 10.0 Å². The summed E-state index contributed by atoms with van der Waals surface area (Å²) in [5, 5.41) is 37.7. The van der Waals surface area contributed by atoms with Crippen LogP contribution in [0.2, 0.25) is 5.02 Å². The molecule has 0 saturated carbocycles. The molecule has 2 aromatic rings. The summed E-state index contributed by atoms with van der Waals surface area (Å²) in [5.74, 6) is -0.573. The van der Waals surface area contributed by atoms with Crippen LogP contribution in [0.3, 0.4) is 0 Å². The first-order valence-corrected chi connectivity index (χ1v) is 7.06. The van der Waals surface area contributed by atoms with Gasteiger partial charge in [0.15, 0.2) is 11.4 Å². The minimum Gasteiger partial charge on any atom is -0.493 e. The highest BCUT2D eigenvalue weighted by Crippen LogP contribution is 2.32. The molecular weight excluding hydrogens is 350 g/mol. The summed E-state index contributed by atoms with van der Waals surface area (Å²) in [6, 6.07) is 5.51. The Morgan fingerprint density at radius 1 is 1.48 bits per heavy atom. The van der Waals surface area contributed by atoms with Crippen LogP contribution in [0.4, 0.5) is 17.1 Å². The molecule has 0 aliphatic heterocycles. The number of azo groups is 1. The lowest BCUT2D eigenvalue weighted by atomic mass is 10.1. The molecule has 1 N–H and O–H groups in total. The number of rotatable bonds is 4. The van der Waals surface area contributed by atoms with Crippen LogP contribution in [0.25, 0.3) is 6.20 Å². The quantitative estimate of drug-likeness (QED) is 0.503. The molecule has 0 aliphatic carbocycles. The van der Waals surface area contributed by atoms with Crippen LogP contribution in [-0.4, -0.2) is 14.6 Å². The molecule has 0 unspecified atom stereocenters. The minimum absolute atomic E-state index is 0.0865. The van der Waals surface area contributed by atoms with E-state index in [1.807, 2.05) is 0 Å². The molecule has 126 valence electrons. The summed E-state index contributed by atoms with van der Waals surface area (Å²) < 4.78 is 0.732. The van der Waals surface area contributed by atoms with E-state index in [2.05, 4.69) is 16.8 Å². The zero-order valence-corrected chi connectivity index (χ0v) is 13.6. The second-order valence-electron chi connectivity index (χ2n) is 4.73. The van der Waals surface area contributed by atoms with Crippen LogP contribution in [0.1, 0.15) is 11.1 Å². The molecule has 1 aromatic carbocycles. The number of aromatic nitrogens is 1. The van der Waals surface area contributed by atoms with E-state index >= 15 is 0 Å². The summed E-state index contributed by atoms with van der Waals surface area (Å²) in [7, 11) is 0. The number of nitriles is 1. The molecule has 0 spiro atoms. The van der Waals surface area contributed by atoms with Gasteiger partial charge >= 0.3 is 0 Å². The molecule has 0 amide bonds. The van der Waals surface area contributed by atoms with Crippen LogP contribution < -0.4 is 5.56 Å². The first-order chi connectivity index (χ1) is 11.8. The van der Waals surface area contributed by atoms with Gasteiger partial charge in [-0.15, -0.1) is 10.2 Å². The van der Waals surface area contributed by atoms with Crippen molar-refractivity contribution in [1.29, 1.82) is 5.26 Å². The van der Waals surface area contributed by atoms with Crippen molar-refractivity contribution in [1.82, 2.24) is 4.57 Å². The van der Waals surface area contributed by atoms with Crippen LogP contribution in [0, 0.1) is 28.4 Å².